The van der Waals surface area contributed by atoms with Crippen LogP contribution < -0.4 is 5.32 Å². The molecule has 21 heavy (non-hydrogen) atoms. The highest BCUT2D eigenvalue weighted by atomic mass is 32.1. The Morgan fingerprint density at radius 1 is 1.24 bits per heavy atom. The maximum Gasteiger partial charge on any atom is 0.126 e. The molecule has 0 spiro atoms. The smallest absolute Gasteiger partial charge is 0.126 e. The molecule has 0 aliphatic rings. The van der Waals surface area contributed by atoms with Crippen molar-refractivity contribution in [2.75, 3.05) is 6.54 Å². The number of halogens is 1. The van der Waals surface area contributed by atoms with Crippen LogP contribution in [0, 0.1) is 5.82 Å². The highest BCUT2D eigenvalue weighted by Crippen LogP contribution is 2.26. The van der Waals surface area contributed by atoms with Gasteiger partial charge in [0, 0.05) is 6.04 Å². The molecular formula is C16H22FN3S. The molecule has 2 aromatic rings. The molecule has 1 aromatic heterocycles. The first kappa shape index (κ1) is 16.0. The van der Waals surface area contributed by atoms with Gasteiger partial charge in [0.25, 0.3) is 0 Å². The molecular weight excluding hydrogens is 285 g/mol. The van der Waals surface area contributed by atoms with Crippen molar-refractivity contribution in [3.63, 3.8) is 0 Å². The molecule has 1 heterocycles. The van der Waals surface area contributed by atoms with E-state index in [1.54, 1.807) is 6.07 Å². The number of nitrogens with zero attached hydrogens (tertiary/aromatic N) is 2. The van der Waals surface area contributed by atoms with E-state index in [2.05, 4.69) is 28.8 Å². The van der Waals surface area contributed by atoms with Crippen molar-refractivity contribution in [2.24, 2.45) is 0 Å². The lowest BCUT2D eigenvalue weighted by Gasteiger charge is -2.18. The van der Waals surface area contributed by atoms with Crippen molar-refractivity contribution in [1.29, 1.82) is 0 Å². The van der Waals surface area contributed by atoms with E-state index in [4.69, 9.17) is 0 Å². The third kappa shape index (κ3) is 4.32. The summed E-state index contributed by atoms with van der Waals surface area (Å²) >= 11 is 1.43. The summed E-state index contributed by atoms with van der Waals surface area (Å²) in [5.74, 6) is -0.143. The van der Waals surface area contributed by atoms with Gasteiger partial charge in [-0.3, -0.25) is 0 Å². The maximum atomic E-state index is 13.9. The number of aryl methyl sites for hydroxylation is 1. The van der Waals surface area contributed by atoms with Gasteiger partial charge in [0.15, 0.2) is 0 Å². The van der Waals surface area contributed by atoms with E-state index >= 15 is 0 Å². The maximum absolute atomic E-state index is 13.9. The van der Waals surface area contributed by atoms with E-state index in [0.29, 0.717) is 6.42 Å². The van der Waals surface area contributed by atoms with Crippen molar-refractivity contribution in [1.82, 2.24) is 14.9 Å². The Balaban J connectivity index is 2.21. The van der Waals surface area contributed by atoms with Gasteiger partial charge >= 0.3 is 0 Å². The number of hydrogen-bond acceptors (Lipinski definition) is 4. The van der Waals surface area contributed by atoms with Gasteiger partial charge in [-0.1, -0.05) is 43.0 Å². The zero-order valence-electron chi connectivity index (χ0n) is 12.6. The van der Waals surface area contributed by atoms with E-state index in [-0.39, 0.29) is 11.9 Å². The van der Waals surface area contributed by atoms with Crippen LogP contribution in [0.5, 0.6) is 0 Å². The molecule has 1 atom stereocenters. The molecule has 0 saturated carbocycles. The lowest BCUT2D eigenvalue weighted by Crippen LogP contribution is -2.24. The fourth-order valence-electron chi connectivity index (χ4n) is 2.35. The van der Waals surface area contributed by atoms with Crippen molar-refractivity contribution in [3.05, 3.63) is 46.2 Å². The number of hydrogen-bond donors (Lipinski definition) is 1. The third-order valence-corrected chi connectivity index (χ3v) is 4.29. The van der Waals surface area contributed by atoms with Crippen LogP contribution >= 0.6 is 11.5 Å². The SMILES string of the molecule is CCCNC(Cc1ccccc1F)c1snnc1CCC. The molecule has 5 heteroatoms. The summed E-state index contributed by atoms with van der Waals surface area (Å²) in [6.45, 7) is 5.17. The number of nitrogens with one attached hydrogen (secondary N) is 1. The van der Waals surface area contributed by atoms with Crippen molar-refractivity contribution in [2.45, 2.75) is 45.6 Å². The summed E-state index contributed by atoms with van der Waals surface area (Å²) in [5.41, 5.74) is 1.79. The Morgan fingerprint density at radius 2 is 2.05 bits per heavy atom. The number of rotatable bonds is 8. The van der Waals surface area contributed by atoms with Crippen molar-refractivity contribution in [3.8, 4) is 0 Å². The topological polar surface area (TPSA) is 37.8 Å². The van der Waals surface area contributed by atoms with E-state index in [1.807, 2.05) is 12.1 Å². The van der Waals surface area contributed by atoms with Crippen LogP contribution in [-0.2, 0) is 12.8 Å². The number of benzene rings is 1. The van der Waals surface area contributed by atoms with Crippen LogP contribution in [0.4, 0.5) is 4.39 Å². The van der Waals surface area contributed by atoms with Gasteiger partial charge in [0.2, 0.25) is 0 Å². The second kappa shape index (κ2) is 8.20. The molecule has 0 radical (unpaired) electrons. The van der Waals surface area contributed by atoms with Crippen LogP contribution in [0.15, 0.2) is 24.3 Å². The molecule has 1 N–H and O–H groups in total. The monoisotopic (exact) mass is 307 g/mol. The molecule has 114 valence electrons. The fraction of sp³-hybridized carbons (Fsp3) is 0.500. The number of aromatic nitrogens is 2. The Kier molecular flexibility index (Phi) is 6.26. The van der Waals surface area contributed by atoms with Crippen molar-refractivity contribution >= 4 is 11.5 Å². The molecule has 0 aliphatic heterocycles. The Hall–Kier alpha value is -1.33. The van der Waals surface area contributed by atoms with Crippen LogP contribution in [0.2, 0.25) is 0 Å². The van der Waals surface area contributed by atoms with Crippen molar-refractivity contribution < 1.29 is 4.39 Å². The minimum absolute atomic E-state index is 0.0865. The van der Waals surface area contributed by atoms with Gasteiger partial charge in [0.1, 0.15) is 5.82 Å². The van der Waals surface area contributed by atoms with Gasteiger partial charge in [-0.2, -0.15) is 0 Å². The zero-order valence-corrected chi connectivity index (χ0v) is 13.4. The first-order chi connectivity index (χ1) is 10.3. The summed E-state index contributed by atoms with van der Waals surface area (Å²) < 4.78 is 18.0. The molecule has 1 unspecified atom stereocenters. The lowest BCUT2D eigenvalue weighted by atomic mass is 10.0. The van der Waals surface area contributed by atoms with Crippen LogP contribution in [0.3, 0.4) is 0 Å². The van der Waals surface area contributed by atoms with Gasteiger partial charge in [-0.05, 0) is 49.0 Å². The quantitative estimate of drug-likeness (QED) is 0.803. The molecule has 2 rings (SSSR count). The van der Waals surface area contributed by atoms with Gasteiger partial charge < -0.3 is 5.32 Å². The second-order valence-corrected chi connectivity index (χ2v) is 5.92. The van der Waals surface area contributed by atoms with Crippen LogP contribution in [-0.4, -0.2) is 16.1 Å². The van der Waals surface area contributed by atoms with Crippen LogP contribution in [0.25, 0.3) is 0 Å². The highest BCUT2D eigenvalue weighted by molar-refractivity contribution is 7.05. The predicted octanol–water partition coefficient (Wildman–Crippen LogP) is 3.91. The molecule has 0 saturated heterocycles. The fourth-order valence-corrected chi connectivity index (χ4v) is 3.12. The van der Waals surface area contributed by atoms with Gasteiger partial charge in [0.05, 0.1) is 10.6 Å². The third-order valence-electron chi connectivity index (χ3n) is 3.41. The van der Waals surface area contributed by atoms with E-state index in [0.717, 1.165) is 41.9 Å². The average molecular weight is 307 g/mol. The minimum atomic E-state index is -0.143. The summed E-state index contributed by atoms with van der Waals surface area (Å²) in [6, 6.07) is 7.06. The molecule has 0 amide bonds. The second-order valence-electron chi connectivity index (χ2n) is 5.14. The molecule has 0 fully saturated rings. The zero-order chi connectivity index (χ0) is 15.1. The summed E-state index contributed by atoms with van der Waals surface area (Å²) in [7, 11) is 0. The molecule has 1 aromatic carbocycles. The van der Waals surface area contributed by atoms with E-state index < -0.39 is 0 Å². The van der Waals surface area contributed by atoms with Gasteiger partial charge in [-0.25, -0.2) is 4.39 Å². The Bertz CT molecular complexity index is 556. The normalized spacial score (nSPS) is 12.5. The van der Waals surface area contributed by atoms with Crippen LogP contribution in [0.1, 0.15) is 48.9 Å². The Labute approximate surface area is 129 Å². The lowest BCUT2D eigenvalue weighted by molar-refractivity contribution is 0.515. The summed E-state index contributed by atoms with van der Waals surface area (Å²) in [6.07, 6.45) is 3.64. The summed E-state index contributed by atoms with van der Waals surface area (Å²) in [5, 5.41) is 7.74. The van der Waals surface area contributed by atoms with E-state index in [1.165, 1.54) is 17.6 Å². The first-order valence-electron chi connectivity index (χ1n) is 7.54. The Morgan fingerprint density at radius 3 is 2.76 bits per heavy atom. The first-order valence-corrected chi connectivity index (χ1v) is 8.31. The van der Waals surface area contributed by atoms with E-state index in [9.17, 15) is 4.39 Å². The van der Waals surface area contributed by atoms with Gasteiger partial charge in [-0.15, -0.1) is 5.10 Å². The predicted molar refractivity (Wildman–Crippen MR) is 85.0 cm³/mol. The standard InChI is InChI=1S/C16H22FN3S/c1-3-7-14-16(21-20-19-14)15(18-10-4-2)11-12-8-5-6-9-13(12)17/h5-6,8-9,15,18H,3-4,7,10-11H2,1-2H3. The highest BCUT2D eigenvalue weighted by Gasteiger charge is 2.20. The summed E-state index contributed by atoms with van der Waals surface area (Å²) in [4.78, 5) is 1.15. The largest absolute Gasteiger partial charge is 0.309 e. The molecule has 0 aliphatic carbocycles. The molecule has 3 nitrogen and oxygen atoms in total. The molecule has 0 bridgehead atoms. The average Bonchev–Trinajstić information content (AvgIpc) is 2.94. The minimum Gasteiger partial charge on any atom is -0.309 e.